The Kier molecular flexibility index (Phi) is 11.1. The van der Waals surface area contributed by atoms with E-state index in [4.69, 9.17) is 9.47 Å². The number of hydrogen-bond donors (Lipinski definition) is 0. The zero-order chi connectivity index (χ0) is 33.3. The summed E-state index contributed by atoms with van der Waals surface area (Å²) >= 11 is 0. The molecule has 0 saturated carbocycles. The lowest BCUT2D eigenvalue weighted by Crippen LogP contribution is -2.53. The highest BCUT2D eigenvalue weighted by Crippen LogP contribution is 2.46. The van der Waals surface area contributed by atoms with E-state index in [1.165, 1.54) is 0 Å². The second-order valence-electron chi connectivity index (χ2n) is 13.0. The van der Waals surface area contributed by atoms with Gasteiger partial charge in [0.2, 0.25) is 6.23 Å². The molecule has 0 aromatic heterocycles. The van der Waals surface area contributed by atoms with E-state index in [0.29, 0.717) is 18.0 Å². The molecule has 5 rings (SSSR count). The molecule has 0 fully saturated rings. The van der Waals surface area contributed by atoms with Crippen LogP contribution in [-0.4, -0.2) is 29.1 Å². The van der Waals surface area contributed by atoms with Crippen molar-refractivity contribution >= 4 is 18.1 Å². The van der Waals surface area contributed by atoms with Gasteiger partial charge < -0.3 is 14.4 Å². The second kappa shape index (κ2) is 15.0. The van der Waals surface area contributed by atoms with Crippen molar-refractivity contribution in [1.82, 2.24) is 4.90 Å². The number of hydrogen-bond acceptors (Lipinski definition) is 5. The Bertz CT molecular complexity index is 1500. The average Bonchev–Trinajstić information content (AvgIpc) is 3.39. The summed E-state index contributed by atoms with van der Waals surface area (Å²) in [6.07, 6.45) is 1.37. The van der Waals surface area contributed by atoms with Gasteiger partial charge in [0.15, 0.2) is 6.29 Å². The number of rotatable bonds is 8. The summed E-state index contributed by atoms with van der Waals surface area (Å²) in [4.78, 5) is 30.2. The highest BCUT2D eigenvalue weighted by atomic mass is 16.6. The maximum Gasteiger partial charge on any atom is 0.416 e. The predicted octanol–water partition coefficient (Wildman–Crippen LogP) is 9.30. The van der Waals surface area contributed by atoms with E-state index in [-0.39, 0.29) is 0 Å². The monoisotopic (exact) mass is 618 g/mol. The van der Waals surface area contributed by atoms with Crippen LogP contribution in [-0.2, 0) is 26.4 Å². The van der Waals surface area contributed by atoms with Crippen LogP contribution in [0.3, 0.4) is 0 Å². The van der Waals surface area contributed by atoms with E-state index in [1.807, 2.05) is 154 Å². The molecule has 1 unspecified atom stereocenters. The molecule has 1 aliphatic rings. The normalized spacial score (nSPS) is 14.5. The first-order valence-electron chi connectivity index (χ1n) is 15.8. The molecule has 0 N–H and O–H groups in total. The number of allylic oxidation sites excluding steroid dienone is 1. The quantitative estimate of drug-likeness (QED) is 0.146. The number of benzene rings is 4. The molecule has 0 spiro atoms. The van der Waals surface area contributed by atoms with Crippen molar-refractivity contribution in [2.75, 3.05) is 4.90 Å². The number of carbonyl (C=O) groups excluding carboxylic acids is 2. The van der Waals surface area contributed by atoms with Crippen molar-refractivity contribution in [2.24, 2.45) is 5.92 Å². The smallest absolute Gasteiger partial charge is 0.416 e. The van der Waals surface area contributed by atoms with E-state index in [9.17, 15) is 9.59 Å². The lowest BCUT2D eigenvalue weighted by Gasteiger charge is -2.46. The summed E-state index contributed by atoms with van der Waals surface area (Å²) < 4.78 is 11.9. The van der Waals surface area contributed by atoms with Gasteiger partial charge in [-0.05, 0) is 61.9 Å². The van der Waals surface area contributed by atoms with Crippen molar-refractivity contribution in [3.63, 3.8) is 0 Å². The SMILES string of the molecule is CC(C)C.CC1=CN(Cc2ccccc2N(C(=O)OC(C)(C)C)C(c2ccccc2)(c2ccccc2)c2ccccc2)C(C=O)O1. The van der Waals surface area contributed by atoms with Crippen LogP contribution in [0.5, 0.6) is 0 Å². The van der Waals surface area contributed by atoms with Crippen LogP contribution in [0.25, 0.3) is 0 Å². The minimum atomic E-state index is -1.11. The summed E-state index contributed by atoms with van der Waals surface area (Å²) in [5.74, 6) is 1.49. The third kappa shape index (κ3) is 7.86. The fourth-order valence-electron chi connectivity index (χ4n) is 5.55. The first kappa shape index (κ1) is 34.0. The largest absolute Gasteiger partial charge is 0.467 e. The first-order chi connectivity index (χ1) is 22.0. The predicted molar refractivity (Wildman–Crippen MR) is 185 cm³/mol. The topological polar surface area (TPSA) is 59.1 Å². The molecule has 240 valence electrons. The summed E-state index contributed by atoms with van der Waals surface area (Å²) in [6.45, 7) is 14.3. The van der Waals surface area contributed by atoms with Gasteiger partial charge in [-0.15, -0.1) is 0 Å². The Morgan fingerprint density at radius 2 is 1.24 bits per heavy atom. The van der Waals surface area contributed by atoms with Gasteiger partial charge in [0.1, 0.15) is 16.9 Å². The first-order valence-corrected chi connectivity index (χ1v) is 15.8. The summed E-state index contributed by atoms with van der Waals surface area (Å²) in [7, 11) is 0. The Labute approximate surface area is 274 Å². The Morgan fingerprint density at radius 3 is 1.67 bits per heavy atom. The second-order valence-corrected chi connectivity index (χ2v) is 13.0. The van der Waals surface area contributed by atoms with Crippen LogP contribution in [0, 0.1) is 5.92 Å². The molecular formula is C40H46N2O4. The van der Waals surface area contributed by atoms with Crippen molar-refractivity contribution in [3.8, 4) is 0 Å². The van der Waals surface area contributed by atoms with Gasteiger partial charge in [0.25, 0.3) is 0 Å². The lowest BCUT2D eigenvalue weighted by atomic mass is 9.75. The van der Waals surface area contributed by atoms with Crippen LogP contribution < -0.4 is 4.90 Å². The molecular weight excluding hydrogens is 572 g/mol. The molecule has 46 heavy (non-hydrogen) atoms. The van der Waals surface area contributed by atoms with Crippen molar-refractivity contribution in [3.05, 3.63) is 149 Å². The van der Waals surface area contributed by atoms with Gasteiger partial charge in [0.05, 0.1) is 5.69 Å². The van der Waals surface area contributed by atoms with Gasteiger partial charge >= 0.3 is 6.09 Å². The third-order valence-electron chi connectivity index (χ3n) is 7.17. The van der Waals surface area contributed by atoms with Crippen LogP contribution in [0.1, 0.15) is 70.7 Å². The summed E-state index contributed by atoms with van der Waals surface area (Å²) in [6, 6.07) is 37.9. The molecule has 6 heteroatoms. The number of nitrogens with zero attached hydrogens (tertiary/aromatic N) is 2. The van der Waals surface area contributed by atoms with Crippen molar-refractivity contribution in [1.29, 1.82) is 0 Å². The standard InChI is InChI=1S/C36H36N2O4.C4H10/c1-27-24-37(33(26-39)41-27)25-28-16-14-15-23-32(28)38(34(40)42-35(2,3)4)36(29-17-8-5-9-18-29,30-19-10-6-11-20-30)31-21-12-7-13-22-31;1-4(2)3/h5-24,26,33H,25H2,1-4H3;4H,1-3H3. The van der Waals surface area contributed by atoms with Crippen LogP contribution in [0.2, 0.25) is 0 Å². The number of carbonyl (C=O) groups is 2. The Morgan fingerprint density at radius 1 is 0.804 bits per heavy atom. The van der Waals surface area contributed by atoms with Gasteiger partial charge in [0, 0.05) is 12.7 Å². The molecule has 0 aliphatic carbocycles. The number of ether oxygens (including phenoxy) is 2. The zero-order valence-corrected chi connectivity index (χ0v) is 28.0. The van der Waals surface area contributed by atoms with Crippen LogP contribution in [0.4, 0.5) is 10.5 Å². The molecule has 0 radical (unpaired) electrons. The molecule has 4 aromatic rings. The Hall–Kier alpha value is -4.84. The minimum Gasteiger partial charge on any atom is -0.467 e. The molecule has 1 heterocycles. The highest BCUT2D eigenvalue weighted by Gasteiger charge is 2.48. The van der Waals surface area contributed by atoms with E-state index in [2.05, 4.69) is 20.8 Å². The Balaban J connectivity index is 0.00000113. The van der Waals surface area contributed by atoms with Crippen molar-refractivity contribution < 1.29 is 19.1 Å². The minimum absolute atomic E-state index is 0.338. The number of amides is 1. The van der Waals surface area contributed by atoms with Gasteiger partial charge in [-0.2, -0.15) is 0 Å². The molecule has 0 saturated heterocycles. The molecule has 1 atom stereocenters. The van der Waals surface area contributed by atoms with Gasteiger partial charge in [-0.1, -0.05) is 130 Å². The van der Waals surface area contributed by atoms with Gasteiger partial charge in [-0.25, -0.2) is 4.79 Å². The molecule has 1 amide bonds. The average molecular weight is 619 g/mol. The molecule has 1 aliphatic heterocycles. The fourth-order valence-corrected chi connectivity index (χ4v) is 5.55. The zero-order valence-electron chi connectivity index (χ0n) is 28.0. The van der Waals surface area contributed by atoms with E-state index in [0.717, 1.165) is 34.5 Å². The highest BCUT2D eigenvalue weighted by molar-refractivity contribution is 5.93. The summed E-state index contributed by atoms with van der Waals surface area (Å²) in [5, 5.41) is 0. The van der Waals surface area contributed by atoms with E-state index < -0.39 is 23.5 Å². The molecule has 0 bridgehead atoms. The fraction of sp³-hybridized carbons (Fsp3) is 0.300. The molecule has 6 nitrogen and oxygen atoms in total. The lowest BCUT2D eigenvalue weighted by molar-refractivity contribution is -0.121. The third-order valence-corrected chi connectivity index (χ3v) is 7.17. The van der Waals surface area contributed by atoms with Gasteiger partial charge in [-0.3, -0.25) is 9.69 Å². The number of anilines is 1. The van der Waals surface area contributed by atoms with E-state index in [1.54, 1.807) is 4.90 Å². The van der Waals surface area contributed by atoms with Crippen molar-refractivity contribution in [2.45, 2.75) is 72.4 Å². The number of aldehydes is 1. The van der Waals surface area contributed by atoms with E-state index >= 15 is 0 Å². The molecule has 4 aromatic carbocycles. The number of para-hydroxylation sites is 1. The maximum atomic E-state index is 14.7. The summed E-state index contributed by atoms with van der Waals surface area (Å²) in [5.41, 5.74) is 2.31. The maximum absolute atomic E-state index is 14.7. The van der Waals surface area contributed by atoms with Crippen LogP contribution in [0.15, 0.2) is 127 Å². The van der Waals surface area contributed by atoms with Crippen LogP contribution >= 0.6 is 0 Å².